The monoisotopic (exact) mass is 354 g/mol. The lowest BCUT2D eigenvalue weighted by Crippen LogP contribution is -2.03. The van der Waals surface area contributed by atoms with Crippen LogP contribution in [0.25, 0.3) is 6.08 Å². The molecule has 2 aromatic rings. The highest BCUT2D eigenvalue weighted by atomic mass is 16.5. The highest BCUT2D eigenvalue weighted by Crippen LogP contribution is 2.44. The molecule has 0 aliphatic carbocycles. The third-order valence-corrected chi connectivity index (χ3v) is 3.61. The van der Waals surface area contributed by atoms with Gasteiger partial charge in [0.1, 0.15) is 17.9 Å². The fraction of sp³-hybridized carbons (Fsp3) is 0.190. The lowest BCUT2D eigenvalue weighted by Gasteiger charge is -2.14. The van der Waals surface area contributed by atoms with Crippen LogP contribution < -0.4 is 9.47 Å². The number of phenols is 2. The van der Waals surface area contributed by atoms with Crippen LogP contribution in [-0.4, -0.2) is 29.7 Å². The van der Waals surface area contributed by atoms with Gasteiger partial charge in [-0.1, -0.05) is 42.0 Å². The van der Waals surface area contributed by atoms with Gasteiger partial charge >= 0.3 is 0 Å². The predicted octanol–water partition coefficient (Wildman–Crippen LogP) is 4.35. The SMILES string of the molecule is COc1c(O)c(OCC=C(C)C)cc(O)c1C(=O)/C=C/c1ccccc1. The number of carbonyl (C=O) groups is 1. The number of hydrogen-bond acceptors (Lipinski definition) is 5. The minimum atomic E-state index is -0.491. The minimum Gasteiger partial charge on any atom is -0.507 e. The van der Waals surface area contributed by atoms with Gasteiger partial charge in [0.25, 0.3) is 0 Å². The maximum atomic E-state index is 12.5. The summed E-state index contributed by atoms with van der Waals surface area (Å²) in [4.78, 5) is 12.5. The zero-order chi connectivity index (χ0) is 19.1. The van der Waals surface area contributed by atoms with E-state index in [1.807, 2.05) is 50.3 Å². The number of aromatic hydroxyl groups is 2. The van der Waals surface area contributed by atoms with E-state index in [9.17, 15) is 15.0 Å². The molecule has 0 atom stereocenters. The van der Waals surface area contributed by atoms with Crippen molar-refractivity contribution < 1.29 is 24.5 Å². The van der Waals surface area contributed by atoms with Crippen LogP contribution in [-0.2, 0) is 0 Å². The Labute approximate surface area is 152 Å². The molecule has 2 rings (SSSR count). The van der Waals surface area contributed by atoms with E-state index in [2.05, 4.69) is 0 Å². The molecule has 0 bridgehead atoms. The first kappa shape index (κ1) is 19.1. The van der Waals surface area contributed by atoms with Gasteiger partial charge < -0.3 is 19.7 Å². The van der Waals surface area contributed by atoms with Gasteiger partial charge in [0.2, 0.25) is 5.75 Å². The van der Waals surface area contributed by atoms with Gasteiger partial charge in [0.05, 0.1) is 7.11 Å². The van der Waals surface area contributed by atoms with Crippen molar-refractivity contribution >= 4 is 11.9 Å². The van der Waals surface area contributed by atoms with Crippen LogP contribution in [0.3, 0.4) is 0 Å². The normalized spacial score (nSPS) is 10.6. The van der Waals surface area contributed by atoms with Crippen molar-refractivity contribution in [1.82, 2.24) is 0 Å². The second-order valence-electron chi connectivity index (χ2n) is 5.85. The van der Waals surface area contributed by atoms with Crippen LogP contribution >= 0.6 is 0 Å². The number of carbonyl (C=O) groups excluding carboxylic acids is 1. The van der Waals surface area contributed by atoms with Crippen LogP contribution in [0, 0.1) is 0 Å². The molecular weight excluding hydrogens is 332 g/mol. The minimum absolute atomic E-state index is 0.0421. The fourth-order valence-corrected chi connectivity index (χ4v) is 2.28. The number of ketones is 1. The molecule has 0 saturated heterocycles. The zero-order valence-electron chi connectivity index (χ0n) is 15.0. The van der Waals surface area contributed by atoms with Crippen molar-refractivity contribution in [1.29, 1.82) is 0 Å². The smallest absolute Gasteiger partial charge is 0.201 e. The molecule has 26 heavy (non-hydrogen) atoms. The van der Waals surface area contributed by atoms with E-state index in [1.54, 1.807) is 6.08 Å². The Morgan fingerprint density at radius 2 is 1.85 bits per heavy atom. The molecular formula is C21H22O5. The summed E-state index contributed by atoms with van der Waals surface area (Å²) in [6, 6.07) is 10.5. The highest BCUT2D eigenvalue weighted by Gasteiger charge is 2.23. The summed E-state index contributed by atoms with van der Waals surface area (Å²) in [7, 11) is 1.31. The van der Waals surface area contributed by atoms with Gasteiger partial charge in [-0.25, -0.2) is 0 Å². The summed E-state index contributed by atoms with van der Waals surface area (Å²) in [5.74, 6) is -1.23. The van der Waals surface area contributed by atoms with Gasteiger partial charge in [0.15, 0.2) is 17.3 Å². The van der Waals surface area contributed by atoms with Crippen molar-refractivity contribution in [3.8, 4) is 23.0 Å². The Bertz CT molecular complexity index is 831. The molecule has 136 valence electrons. The third kappa shape index (κ3) is 4.66. The summed E-state index contributed by atoms with van der Waals surface area (Å²) >= 11 is 0. The van der Waals surface area contributed by atoms with E-state index in [-0.39, 0.29) is 35.2 Å². The average Bonchev–Trinajstić information content (AvgIpc) is 2.62. The molecule has 5 heteroatoms. The first-order valence-electron chi connectivity index (χ1n) is 8.10. The number of rotatable bonds is 7. The maximum Gasteiger partial charge on any atom is 0.201 e. The van der Waals surface area contributed by atoms with Crippen molar-refractivity contribution in [3.05, 3.63) is 65.3 Å². The molecule has 0 saturated carbocycles. The fourth-order valence-electron chi connectivity index (χ4n) is 2.28. The zero-order valence-corrected chi connectivity index (χ0v) is 15.0. The molecule has 0 unspecified atom stereocenters. The van der Waals surface area contributed by atoms with E-state index in [0.717, 1.165) is 11.1 Å². The standard InChI is InChI=1S/C21H22O5/c1-14(2)11-12-26-18-13-17(23)19(21(25-3)20(18)24)16(22)10-9-15-7-5-4-6-8-15/h4-11,13,23-24H,12H2,1-3H3/b10-9+. The van der Waals surface area contributed by atoms with Crippen molar-refractivity contribution in [2.24, 2.45) is 0 Å². The van der Waals surface area contributed by atoms with E-state index < -0.39 is 5.78 Å². The van der Waals surface area contributed by atoms with Crippen molar-refractivity contribution in [2.45, 2.75) is 13.8 Å². The van der Waals surface area contributed by atoms with E-state index in [1.165, 1.54) is 19.3 Å². The van der Waals surface area contributed by atoms with Gasteiger partial charge in [-0.15, -0.1) is 0 Å². The number of benzene rings is 2. The molecule has 0 amide bonds. The van der Waals surface area contributed by atoms with E-state index in [4.69, 9.17) is 9.47 Å². The molecule has 0 aliphatic heterocycles. The first-order valence-corrected chi connectivity index (χ1v) is 8.10. The number of hydrogen-bond donors (Lipinski definition) is 2. The van der Waals surface area contributed by atoms with Crippen LogP contribution in [0.1, 0.15) is 29.8 Å². The second kappa shape index (κ2) is 8.76. The Balaban J connectivity index is 2.33. The molecule has 5 nitrogen and oxygen atoms in total. The summed E-state index contributed by atoms with van der Waals surface area (Å²) in [6.45, 7) is 4.06. The van der Waals surface area contributed by atoms with E-state index in [0.29, 0.717) is 0 Å². The Morgan fingerprint density at radius 1 is 1.15 bits per heavy atom. The summed E-state index contributed by atoms with van der Waals surface area (Å²) in [5.41, 5.74) is 1.77. The van der Waals surface area contributed by atoms with Crippen LogP contribution in [0.4, 0.5) is 0 Å². The molecule has 0 aromatic heterocycles. The molecule has 2 N–H and O–H groups in total. The first-order chi connectivity index (χ1) is 12.4. The molecule has 0 radical (unpaired) electrons. The Hall–Kier alpha value is -3.21. The lowest BCUT2D eigenvalue weighted by atomic mass is 10.1. The number of methoxy groups -OCH3 is 1. The van der Waals surface area contributed by atoms with Crippen LogP contribution in [0.15, 0.2) is 54.1 Å². The Morgan fingerprint density at radius 3 is 2.46 bits per heavy atom. The van der Waals surface area contributed by atoms with Crippen molar-refractivity contribution in [2.75, 3.05) is 13.7 Å². The number of allylic oxidation sites excluding steroid dienone is 2. The molecule has 0 fully saturated rings. The van der Waals surface area contributed by atoms with Crippen LogP contribution in [0.2, 0.25) is 0 Å². The highest BCUT2D eigenvalue weighted by molar-refractivity contribution is 6.11. The van der Waals surface area contributed by atoms with E-state index >= 15 is 0 Å². The Kier molecular flexibility index (Phi) is 6.44. The maximum absolute atomic E-state index is 12.5. The average molecular weight is 354 g/mol. The largest absolute Gasteiger partial charge is 0.507 e. The lowest BCUT2D eigenvalue weighted by molar-refractivity contribution is 0.104. The molecule has 0 aliphatic rings. The van der Waals surface area contributed by atoms with Gasteiger partial charge in [-0.3, -0.25) is 4.79 Å². The summed E-state index contributed by atoms with van der Waals surface area (Å²) in [6.07, 6.45) is 4.76. The second-order valence-corrected chi connectivity index (χ2v) is 5.85. The molecule has 0 spiro atoms. The van der Waals surface area contributed by atoms with Gasteiger partial charge in [-0.05, 0) is 31.6 Å². The summed E-state index contributed by atoms with van der Waals surface area (Å²) in [5, 5.41) is 20.6. The molecule has 2 aromatic carbocycles. The third-order valence-electron chi connectivity index (χ3n) is 3.61. The quantitative estimate of drug-likeness (QED) is 0.335. The topological polar surface area (TPSA) is 76.0 Å². The van der Waals surface area contributed by atoms with Gasteiger partial charge in [0, 0.05) is 6.07 Å². The number of ether oxygens (including phenoxy) is 2. The van der Waals surface area contributed by atoms with Crippen molar-refractivity contribution in [3.63, 3.8) is 0 Å². The molecule has 0 heterocycles. The van der Waals surface area contributed by atoms with Crippen LogP contribution in [0.5, 0.6) is 23.0 Å². The number of phenolic OH excluding ortho intramolecular Hbond substituents is 2. The summed E-state index contributed by atoms with van der Waals surface area (Å²) < 4.78 is 10.6. The predicted molar refractivity (Wildman–Crippen MR) is 101 cm³/mol. The van der Waals surface area contributed by atoms with Gasteiger partial charge in [-0.2, -0.15) is 0 Å².